The molecule has 2 nitrogen and oxygen atoms in total. The van der Waals surface area contributed by atoms with Crippen molar-refractivity contribution in [1.82, 2.24) is 0 Å². The monoisotopic (exact) mass is 1240 g/mol. The number of hydrogen-bond donors (Lipinski definition) is 0. The second kappa shape index (κ2) is 21.7. The van der Waals surface area contributed by atoms with Crippen LogP contribution in [0.3, 0.4) is 0 Å². The first-order valence-electron chi connectivity index (χ1n) is 50.4. The van der Waals surface area contributed by atoms with E-state index in [4.69, 9.17) is 45.8 Å². The van der Waals surface area contributed by atoms with Crippen molar-refractivity contribution in [3.63, 3.8) is 0 Å². The Balaban J connectivity index is 0.000000187. The Bertz CT molecular complexity index is 8970. The van der Waals surface area contributed by atoms with Gasteiger partial charge in [0.15, 0.2) is 0 Å². The molecule has 0 radical (unpaired) electrons. The second-order valence-corrected chi connectivity index (χ2v) is 21.5. The van der Waals surface area contributed by atoms with Gasteiger partial charge in [0.1, 0.15) is 22.3 Å². The van der Waals surface area contributed by atoms with E-state index in [1.807, 2.05) is 60.7 Å². The van der Waals surface area contributed by atoms with Gasteiger partial charge >= 0.3 is 0 Å². The van der Waals surface area contributed by atoms with Gasteiger partial charge < -0.3 is 8.83 Å². The standard InChI is InChI=1S/C50H30O.C42H26O/c1-3-12-37-31(10-1)22-25-35-30-36(27-28-38(35)37)48-43-16-7-5-14-41(43)47(42-15-6-8-17-44(42)48)34-23-20-33(21-24-34)39-18-9-19-46-49(39)45-29-26-32-11-2-4-13-40(32)50(45)51-46;1-2-13-28(14-3-1)39-33-18-6-8-20-35(33)40(36-21-9-7-19-34(36)39)30-16-10-15-29(26-30)31-22-11-23-38-41(31)37-25-24-27-12-4-5-17-32(27)42(37)43-38/h1-30H;1-26H/i1D,2D,3D,4D,5D,6D,7D,8D,9D,10D,11D,12D,13D,14D,15D,16D,17D,18D,19D,20D,21D,22D,23D,24D,25D,26D,27D,28D,29D,30D;1D,2D,3D,6D,7D,8D,9D,13D,14D,18D,19D,20D,21D. The van der Waals surface area contributed by atoms with Gasteiger partial charge in [-0.25, -0.2) is 0 Å². The minimum absolute atomic E-state index is 0.0715. The molecule has 0 amide bonds. The molecule has 0 spiro atoms. The van der Waals surface area contributed by atoms with Crippen molar-refractivity contribution in [2.45, 2.75) is 0 Å². The van der Waals surface area contributed by atoms with Crippen molar-refractivity contribution in [3.05, 3.63) is 339 Å². The summed E-state index contributed by atoms with van der Waals surface area (Å²) in [6.07, 6.45) is 0. The fourth-order valence-electron chi connectivity index (χ4n) is 12.5. The maximum atomic E-state index is 9.73. The van der Waals surface area contributed by atoms with Crippen LogP contribution >= 0.6 is 0 Å². The van der Waals surface area contributed by atoms with Gasteiger partial charge in [0.2, 0.25) is 0 Å². The SMILES string of the molecule is [2H]c1c([2H])c(-c2c([2H])c([2H])c([2H])c3oc4c5c([2H])c([2H])c([2H])c([2H])c5c([2H])c([2H])c4c23)c([2H])c([2H])c1-c1c2c([2H])c([2H])c([2H])c([2H])c2c(-c2c([2H])c([2H])c3c(c2[2H])c([2H])c([2H])c2c([2H])c([2H])c([2H])c([2H])c23)c2c([2H])c([2H])c([2H])c([2H])c12.[2H]c1c([2H])c([2H])c(-c2c3c([2H])c([2H])c([2H])c([2H])c3c(-c3cccc(-c4cccc5oc6c7ccccc7ccc6c45)c3)c3c([2H])c([2H])c([2H])c([2H])c23)c([2H])c1[2H]. The van der Waals surface area contributed by atoms with Gasteiger partial charge in [-0.05, 0) is 178 Å². The lowest BCUT2D eigenvalue weighted by atomic mass is 9.85. The van der Waals surface area contributed by atoms with Gasteiger partial charge in [-0.3, -0.25) is 0 Å². The molecule has 2 aromatic heterocycles. The van der Waals surface area contributed by atoms with Crippen LogP contribution in [0, 0.1) is 0 Å². The molecule has 436 valence electrons. The predicted octanol–water partition coefficient (Wildman–Crippen LogP) is 26.4. The van der Waals surface area contributed by atoms with Crippen LogP contribution in [0.4, 0.5) is 0 Å². The largest absolute Gasteiger partial charge is 0.455 e. The Morgan fingerprint density at radius 1 is 0.213 bits per heavy atom. The zero-order valence-corrected chi connectivity index (χ0v) is 47.8. The fraction of sp³-hybridized carbons (Fsp3) is 0. The van der Waals surface area contributed by atoms with Gasteiger partial charge in [0.25, 0.3) is 0 Å². The Morgan fingerprint density at radius 3 is 1.36 bits per heavy atom. The molecule has 0 fully saturated rings. The molecule has 0 aliphatic rings. The summed E-state index contributed by atoms with van der Waals surface area (Å²) in [5, 5.41) is -4.41. The summed E-state index contributed by atoms with van der Waals surface area (Å²) in [4.78, 5) is 0. The molecular formula is C92H56O2. The average molecular weight is 1240 g/mol. The molecule has 0 saturated carbocycles. The summed E-state index contributed by atoms with van der Waals surface area (Å²) in [6.45, 7) is 0. The van der Waals surface area contributed by atoms with Crippen LogP contribution in [0.2, 0.25) is 0 Å². The highest BCUT2D eigenvalue weighted by atomic mass is 16.3. The molecule has 0 N–H and O–H groups in total. The molecule has 20 aromatic rings. The lowest BCUT2D eigenvalue weighted by molar-refractivity contribution is 0.672. The Kier molecular flexibility index (Phi) is 6.01. The number of hydrogen-bond acceptors (Lipinski definition) is 2. The maximum Gasteiger partial charge on any atom is 0.143 e. The van der Waals surface area contributed by atoms with E-state index in [0.29, 0.717) is 22.3 Å². The third-order valence-corrected chi connectivity index (χ3v) is 16.5. The molecule has 0 aliphatic heterocycles. The van der Waals surface area contributed by atoms with Crippen LogP contribution in [0.15, 0.2) is 348 Å². The van der Waals surface area contributed by atoms with Crippen molar-refractivity contribution in [3.8, 4) is 66.8 Å². The molecule has 0 saturated heterocycles. The van der Waals surface area contributed by atoms with Crippen LogP contribution in [0.5, 0.6) is 0 Å². The van der Waals surface area contributed by atoms with E-state index >= 15 is 0 Å². The molecule has 0 atom stereocenters. The summed E-state index contributed by atoms with van der Waals surface area (Å²) in [6, 6.07) is -11.5. The summed E-state index contributed by atoms with van der Waals surface area (Å²) >= 11 is 0. The molecule has 0 unspecified atom stereocenters. The summed E-state index contributed by atoms with van der Waals surface area (Å²) < 4.78 is 399. The van der Waals surface area contributed by atoms with E-state index in [-0.39, 0.29) is 32.7 Å². The van der Waals surface area contributed by atoms with Gasteiger partial charge in [-0.1, -0.05) is 302 Å². The zero-order valence-electron chi connectivity index (χ0n) is 90.8. The van der Waals surface area contributed by atoms with Crippen LogP contribution in [-0.2, 0) is 0 Å². The molecule has 2 heterocycles. The third kappa shape index (κ3) is 8.51. The summed E-state index contributed by atoms with van der Waals surface area (Å²) in [5.74, 6) is 0. The molecular weight excluding hydrogens is 1140 g/mol. The van der Waals surface area contributed by atoms with E-state index in [2.05, 4.69) is 0 Å². The predicted molar refractivity (Wildman–Crippen MR) is 400 cm³/mol. The summed E-state index contributed by atoms with van der Waals surface area (Å²) in [5.41, 5.74) is -3.48. The normalized spacial score (nSPS) is 18.2. The topological polar surface area (TPSA) is 26.3 Å². The number of benzene rings is 18. The van der Waals surface area contributed by atoms with Crippen LogP contribution in [0.25, 0.3) is 197 Å². The average Bonchev–Trinajstić information content (AvgIpc) is 0.948. The van der Waals surface area contributed by atoms with E-state index in [9.17, 15) is 21.9 Å². The van der Waals surface area contributed by atoms with Crippen molar-refractivity contribution < 1.29 is 67.8 Å². The van der Waals surface area contributed by atoms with Crippen molar-refractivity contribution in [2.75, 3.05) is 0 Å². The number of fused-ring (bicyclic) bond motifs is 17. The highest BCUT2D eigenvalue weighted by Crippen LogP contribution is 2.49. The Labute approximate surface area is 602 Å². The zero-order chi connectivity index (χ0) is 99.2. The minimum Gasteiger partial charge on any atom is -0.455 e. The van der Waals surface area contributed by atoms with Crippen molar-refractivity contribution >= 4 is 130 Å². The molecule has 94 heavy (non-hydrogen) atoms. The lowest BCUT2D eigenvalue weighted by Gasteiger charge is -2.18. The third-order valence-electron chi connectivity index (χ3n) is 16.5. The quantitative estimate of drug-likeness (QED) is 0.123. The lowest BCUT2D eigenvalue weighted by Crippen LogP contribution is -1.91. The maximum absolute atomic E-state index is 9.73. The molecule has 2 heteroatoms. The second-order valence-electron chi connectivity index (χ2n) is 21.5. The van der Waals surface area contributed by atoms with Gasteiger partial charge in [0.05, 0.1) is 58.9 Å². The van der Waals surface area contributed by atoms with E-state index in [1.54, 1.807) is 18.2 Å². The molecule has 0 bridgehead atoms. The van der Waals surface area contributed by atoms with Crippen LogP contribution in [-0.4, -0.2) is 0 Å². The highest BCUT2D eigenvalue weighted by molar-refractivity contribution is 6.25. The Morgan fingerprint density at radius 2 is 0.681 bits per heavy atom. The first-order chi connectivity index (χ1) is 64.5. The van der Waals surface area contributed by atoms with Gasteiger partial charge in [-0.15, -0.1) is 0 Å². The van der Waals surface area contributed by atoms with Crippen LogP contribution < -0.4 is 0 Å². The van der Waals surface area contributed by atoms with Crippen LogP contribution in [0.1, 0.15) is 58.9 Å². The first kappa shape index (κ1) is 26.1. The number of furan rings is 2. The van der Waals surface area contributed by atoms with E-state index < -0.39 is 375 Å². The minimum atomic E-state index is -1.13. The van der Waals surface area contributed by atoms with Crippen molar-refractivity contribution in [1.29, 1.82) is 0 Å². The highest BCUT2D eigenvalue weighted by Gasteiger charge is 2.22. The molecule has 0 aliphatic carbocycles. The molecule has 20 rings (SSSR count). The smallest absolute Gasteiger partial charge is 0.143 e. The molecule has 18 aromatic carbocycles. The fourth-order valence-corrected chi connectivity index (χ4v) is 12.5. The van der Waals surface area contributed by atoms with Crippen molar-refractivity contribution in [2.24, 2.45) is 0 Å². The summed E-state index contributed by atoms with van der Waals surface area (Å²) in [7, 11) is 0. The van der Waals surface area contributed by atoms with E-state index in [0.717, 1.165) is 27.1 Å². The van der Waals surface area contributed by atoms with Gasteiger partial charge in [0, 0.05) is 32.3 Å². The number of rotatable bonds is 6. The van der Waals surface area contributed by atoms with Gasteiger partial charge in [-0.2, -0.15) is 0 Å². The Hall–Kier alpha value is -12.4. The van der Waals surface area contributed by atoms with E-state index in [1.165, 1.54) is 0 Å². The first-order valence-corrected chi connectivity index (χ1v) is 28.9.